The number of pyridine rings is 1. The van der Waals surface area contributed by atoms with E-state index in [4.69, 9.17) is 14.2 Å². The number of aromatic nitrogens is 1. The Kier molecular flexibility index (Phi) is 7.05. The number of carbonyl (C=O) groups is 2. The van der Waals surface area contributed by atoms with E-state index in [0.717, 1.165) is 11.1 Å². The van der Waals surface area contributed by atoms with Crippen LogP contribution in [0.2, 0.25) is 0 Å². The van der Waals surface area contributed by atoms with Crippen molar-refractivity contribution in [2.45, 2.75) is 6.92 Å². The SMILES string of the molecule is COc1cc(NC(=O)COC(=O)c2c(-c3ccc(C)cc3)c3ccccc3c(=O)n2C)cc(OC)c1. The molecule has 0 radical (unpaired) electrons. The van der Waals surface area contributed by atoms with Gasteiger partial charge in [0.2, 0.25) is 0 Å². The Morgan fingerprint density at radius 1 is 0.889 bits per heavy atom. The first-order chi connectivity index (χ1) is 17.3. The average molecular weight is 487 g/mol. The van der Waals surface area contributed by atoms with E-state index in [1.165, 1.54) is 25.8 Å². The molecule has 0 saturated heterocycles. The van der Waals surface area contributed by atoms with Gasteiger partial charge < -0.3 is 24.1 Å². The Hall–Kier alpha value is -4.59. The molecule has 0 fully saturated rings. The summed E-state index contributed by atoms with van der Waals surface area (Å²) in [5, 5.41) is 3.77. The highest BCUT2D eigenvalue weighted by atomic mass is 16.5. The van der Waals surface area contributed by atoms with Crippen LogP contribution in [0.15, 0.2) is 71.5 Å². The van der Waals surface area contributed by atoms with Gasteiger partial charge in [-0.15, -0.1) is 0 Å². The van der Waals surface area contributed by atoms with E-state index in [-0.39, 0.29) is 11.3 Å². The van der Waals surface area contributed by atoms with Crippen molar-refractivity contribution in [3.8, 4) is 22.6 Å². The van der Waals surface area contributed by atoms with Crippen LogP contribution in [0, 0.1) is 6.92 Å². The van der Waals surface area contributed by atoms with Crippen molar-refractivity contribution in [3.63, 3.8) is 0 Å². The first-order valence-corrected chi connectivity index (χ1v) is 11.2. The van der Waals surface area contributed by atoms with Gasteiger partial charge in [-0.2, -0.15) is 0 Å². The number of amides is 1. The zero-order valence-corrected chi connectivity index (χ0v) is 20.5. The van der Waals surface area contributed by atoms with E-state index in [2.05, 4.69) is 5.32 Å². The second kappa shape index (κ2) is 10.4. The lowest BCUT2D eigenvalue weighted by Crippen LogP contribution is -2.28. The zero-order valence-electron chi connectivity index (χ0n) is 20.5. The lowest BCUT2D eigenvalue weighted by Gasteiger charge is -2.17. The topological polar surface area (TPSA) is 95.9 Å². The van der Waals surface area contributed by atoms with Gasteiger partial charge in [0.25, 0.3) is 11.5 Å². The number of fused-ring (bicyclic) bond motifs is 1. The van der Waals surface area contributed by atoms with Crippen molar-refractivity contribution in [2.24, 2.45) is 7.05 Å². The fourth-order valence-corrected chi connectivity index (χ4v) is 3.99. The van der Waals surface area contributed by atoms with Gasteiger partial charge in [-0.05, 0) is 23.9 Å². The predicted octanol–water partition coefficient (Wildman–Crippen LogP) is 4.33. The molecule has 1 amide bonds. The highest BCUT2D eigenvalue weighted by Gasteiger charge is 2.23. The summed E-state index contributed by atoms with van der Waals surface area (Å²) in [5.41, 5.74) is 2.54. The molecule has 36 heavy (non-hydrogen) atoms. The van der Waals surface area contributed by atoms with Crippen LogP contribution >= 0.6 is 0 Å². The highest BCUT2D eigenvalue weighted by Crippen LogP contribution is 2.31. The Bertz CT molecular complexity index is 1480. The van der Waals surface area contributed by atoms with Gasteiger partial charge in [-0.25, -0.2) is 4.79 Å². The number of rotatable bonds is 7. The van der Waals surface area contributed by atoms with Gasteiger partial charge in [0.05, 0.1) is 14.2 Å². The number of nitrogens with zero attached hydrogens (tertiary/aromatic N) is 1. The Morgan fingerprint density at radius 3 is 2.11 bits per heavy atom. The molecule has 0 aliphatic heterocycles. The third-order valence-electron chi connectivity index (χ3n) is 5.81. The number of hydrogen-bond donors (Lipinski definition) is 1. The minimum atomic E-state index is -0.783. The normalized spacial score (nSPS) is 10.7. The molecule has 4 rings (SSSR count). The standard InChI is InChI=1S/C28H26N2O6/c1-17-9-11-18(12-10-17)25-22-7-5-6-8-23(22)27(32)30(2)26(25)28(33)36-16-24(31)29-19-13-20(34-3)15-21(14-19)35-4/h5-15H,16H2,1-4H3,(H,29,31). The first-order valence-electron chi connectivity index (χ1n) is 11.2. The van der Waals surface area contributed by atoms with E-state index in [0.29, 0.717) is 33.5 Å². The van der Waals surface area contributed by atoms with E-state index < -0.39 is 18.5 Å². The molecular formula is C28H26N2O6. The number of esters is 1. The second-order valence-corrected chi connectivity index (χ2v) is 8.23. The highest BCUT2D eigenvalue weighted by molar-refractivity contribution is 6.07. The number of carbonyl (C=O) groups excluding carboxylic acids is 2. The van der Waals surface area contributed by atoms with Crippen LogP contribution in [0.25, 0.3) is 21.9 Å². The van der Waals surface area contributed by atoms with E-state index in [1.54, 1.807) is 36.4 Å². The molecule has 0 unspecified atom stereocenters. The van der Waals surface area contributed by atoms with Gasteiger partial charge in [0, 0.05) is 41.9 Å². The van der Waals surface area contributed by atoms with Crippen molar-refractivity contribution < 1.29 is 23.8 Å². The maximum absolute atomic E-state index is 13.3. The number of anilines is 1. The van der Waals surface area contributed by atoms with Gasteiger partial charge in [0.15, 0.2) is 6.61 Å². The first kappa shape index (κ1) is 24.5. The molecule has 8 heteroatoms. The minimum absolute atomic E-state index is 0.0680. The quantitative estimate of drug-likeness (QED) is 0.391. The van der Waals surface area contributed by atoms with Crippen molar-refractivity contribution in [3.05, 3.63) is 88.3 Å². The maximum Gasteiger partial charge on any atom is 0.356 e. The summed E-state index contributed by atoms with van der Waals surface area (Å²) in [5.74, 6) is -0.346. The van der Waals surface area contributed by atoms with Gasteiger partial charge in [-0.1, -0.05) is 48.0 Å². The lowest BCUT2D eigenvalue weighted by atomic mass is 9.96. The fraction of sp³-hybridized carbons (Fsp3) is 0.179. The van der Waals surface area contributed by atoms with Crippen molar-refractivity contribution >= 4 is 28.3 Å². The summed E-state index contributed by atoms with van der Waals surface area (Å²) in [6.45, 7) is 1.42. The van der Waals surface area contributed by atoms with E-state index in [1.807, 2.05) is 37.3 Å². The van der Waals surface area contributed by atoms with Crippen molar-refractivity contribution in [1.82, 2.24) is 4.57 Å². The average Bonchev–Trinajstić information content (AvgIpc) is 2.89. The number of hydrogen-bond acceptors (Lipinski definition) is 6. The van der Waals surface area contributed by atoms with Crippen LogP contribution in [-0.4, -0.2) is 37.3 Å². The third kappa shape index (κ3) is 4.93. The van der Waals surface area contributed by atoms with Crippen LogP contribution in [0.3, 0.4) is 0 Å². The summed E-state index contributed by atoms with van der Waals surface area (Å²) in [6, 6.07) is 19.6. The molecular weight excluding hydrogens is 460 g/mol. The van der Waals surface area contributed by atoms with Crippen molar-refractivity contribution in [1.29, 1.82) is 0 Å². The number of aryl methyl sites for hydroxylation is 1. The summed E-state index contributed by atoms with van der Waals surface area (Å²) >= 11 is 0. The Morgan fingerprint density at radius 2 is 1.50 bits per heavy atom. The zero-order chi connectivity index (χ0) is 25.8. The third-order valence-corrected chi connectivity index (χ3v) is 5.81. The Balaban J connectivity index is 1.65. The molecule has 0 spiro atoms. The number of nitrogens with one attached hydrogen (secondary N) is 1. The van der Waals surface area contributed by atoms with Gasteiger partial charge >= 0.3 is 5.97 Å². The number of benzene rings is 3. The van der Waals surface area contributed by atoms with Gasteiger partial charge in [0.1, 0.15) is 17.2 Å². The second-order valence-electron chi connectivity index (χ2n) is 8.23. The van der Waals surface area contributed by atoms with Crippen LogP contribution in [0.4, 0.5) is 5.69 Å². The molecule has 1 heterocycles. The minimum Gasteiger partial charge on any atom is -0.497 e. The van der Waals surface area contributed by atoms with Crippen LogP contribution in [0.5, 0.6) is 11.5 Å². The van der Waals surface area contributed by atoms with E-state index >= 15 is 0 Å². The molecule has 1 N–H and O–H groups in total. The molecule has 0 aliphatic carbocycles. The predicted molar refractivity (Wildman–Crippen MR) is 138 cm³/mol. The Labute approximate surface area is 208 Å². The number of ether oxygens (including phenoxy) is 3. The molecule has 184 valence electrons. The van der Waals surface area contributed by atoms with Gasteiger partial charge in [-0.3, -0.25) is 9.59 Å². The molecule has 0 atom stereocenters. The summed E-state index contributed by atoms with van der Waals surface area (Å²) in [6.07, 6.45) is 0. The van der Waals surface area contributed by atoms with E-state index in [9.17, 15) is 14.4 Å². The molecule has 0 saturated carbocycles. The summed E-state index contributed by atoms with van der Waals surface area (Å²) in [4.78, 5) is 38.9. The molecule has 3 aromatic carbocycles. The number of methoxy groups -OCH3 is 2. The van der Waals surface area contributed by atoms with Crippen LogP contribution in [0.1, 0.15) is 16.1 Å². The van der Waals surface area contributed by atoms with Crippen molar-refractivity contribution in [2.75, 3.05) is 26.1 Å². The summed E-state index contributed by atoms with van der Waals surface area (Å²) in [7, 11) is 4.52. The molecule has 1 aromatic heterocycles. The summed E-state index contributed by atoms with van der Waals surface area (Å²) < 4.78 is 17.1. The monoisotopic (exact) mass is 486 g/mol. The van der Waals surface area contributed by atoms with Crippen LogP contribution < -0.4 is 20.3 Å². The molecule has 0 bridgehead atoms. The maximum atomic E-state index is 13.3. The lowest BCUT2D eigenvalue weighted by molar-refractivity contribution is -0.119. The van der Waals surface area contributed by atoms with Crippen LogP contribution in [-0.2, 0) is 16.6 Å². The molecule has 8 nitrogen and oxygen atoms in total. The molecule has 4 aromatic rings. The smallest absolute Gasteiger partial charge is 0.356 e. The fourth-order valence-electron chi connectivity index (χ4n) is 3.99. The molecule has 0 aliphatic rings. The largest absolute Gasteiger partial charge is 0.497 e.